The number of halogens is 1. The first kappa shape index (κ1) is 15.2. The SMILES string of the molecule is Nc1cc(F)ccc1SCC(=O)NC1CCCCCC1. The number of nitrogens with two attached hydrogens (primary N) is 1. The molecular weight excluding hydrogens is 275 g/mol. The van der Waals surface area contributed by atoms with Gasteiger partial charge in [0.15, 0.2) is 0 Å². The molecule has 5 heteroatoms. The first-order valence-corrected chi connectivity index (χ1v) is 8.11. The van der Waals surface area contributed by atoms with Crippen LogP contribution in [0.4, 0.5) is 10.1 Å². The molecule has 1 aliphatic carbocycles. The minimum absolute atomic E-state index is 0.0330. The Kier molecular flexibility index (Phi) is 5.71. The Bertz CT molecular complexity index is 459. The lowest BCUT2D eigenvalue weighted by molar-refractivity contribution is -0.119. The van der Waals surface area contributed by atoms with Gasteiger partial charge in [-0.2, -0.15) is 0 Å². The molecule has 1 aromatic carbocycles. The molecule has 110 valence electrons. The second-order valence-electron chi connectivity index (χ2n) is 5.23. The van der Waals surface area contributed by atoms with Crippen LogP contribution >= 0.6 is 11.8 Å². The lowest BCUT2D eigenvalue weighted by Crippen LogP contribution is -2.35. The summed E-state index contributed by atoms with van der Waals surface area (Å²) in [6, 6.07) is 4.58. The topological polar surface area (TPSA) is 55.1 Å². The molecule has 20 heavy (non-hydrogen) atoms. The van der Waals surface area contributed by atoms with Crippen molar-refractivity contribution in [3.63, 3.8) is 0 Å². The number of hydrogen-bond acceptors (Lipinski definition) is 3. The van der Waals surface area contributed by atoms with Gasteiger partial charge in [0.2, 0.25) is 5.91 Å². The van der Waals surface area contributed by atoms with Crippen LogP contribution in [0.15, 0.2) is 23.1 Å². The molecule has 0 bridgehead atoms. The second kappa shape index (κ2) is 7.53. The zero-order valence-corrected chi connectivity index (χ0v) is 12.3. The summed E-state index contributed by atoms with van der Waals surface area (Å²) in [5.41, 5.74) is 6.11. The molecular formula is C15H21FN2OS. The minimum Gasteiger partial charge on any atom is -0.398 e. The van der Waals surface area contributed by atoms with Crippen LogP contribution in [0.5, 0.6) is 0 Å². The van der Waals surface area contributed by atoms with Gasteiger partial charge in [-0.1, -0.05) is 25.7 Å². The molecule has 1 amide bonds. The van der Waals surface area contributed by atoms with Gasteiger partial charge in [-0.15, -0.1) is 11.8 Å². The molecule has 1 fully saturated rings. The van der Waals surface area contributed by atoms with E-state index < -0.39 is 0 Å². The lowest BCUT2D eigenvalue weighted by atomic mass is 10.1. The van der Waals surface area contributed by atoms with Crippen LogP contribution < -0.4 is 11.1 Å². The molecule has 1 aromatic rings. The zero-order chi connectivity index (χ0) is 14.4. The highest BCUT2D eigenvalue weighted by molar-refractivity contribution is 8.00. The van der Waals surface area contributed by atoms with Crippen molar-refractivity contribution in [2.45, 2.75) is 49.5 Å². The molecule has 0 spiro atoms. The van der Waals surface area contributed by atoms with Crippen molar-refractivity contribution < 1.29 is 9.18 Å². The number of carbonyl (C=O) groups is 1. The molecule has 1 aliphatic rings. The highest BCUT2D eigenvalue weighted by Gasteiger charge is 2.15. The largest absolute Gasteiger partial charge is 0.398 e. The Morgan fingerprint density at radius 2 is 2.00 bits per heavy atom. The molecule has 0 saturated heterocycles. The van der Waals surface area contributed by atoms with E-state index in [-0.39, 0.29) is 11.7 Å². The van der Waals surface area contributed by atoms with Crippen molar-refractivity contribution in [3.8, 4) is 0 Å². The van der Waals surface area contributed by atoms with Crippen molar-refractivity contribution >= 4 is 23.4 Å². The summed E-state index contributed by atoms with van der Waals surface area (Å²) in [4.78, 5) is 12.7. The fourth-order valence-corrected chi connectivity index (χ4v) is 3.25. The molecule has 2 rings (SSSR count). The quantitative estimate of drug-likeness (QED) is 0.509. The van der Waals surface area contributed by atoms with E-state index in [9.17, 15) is 9.18 Å². The van der Waals surface area contributed by atoms with Gasteiger partial charge in [0, 0.05) is 16.6 Å². The van der Waals surface area contributed by atoms with Crippen molar-refractivity contribution in [1.29, 1.82) is 0 Å². The Morgan fingerprint density at radius 3 is 2.65 bits per heavy atom. The van der Waals surface area contributed by atoms with Gasteiger partial charge >= 0.3 is 0 Å². The number of anilines is 1. The van der Waals surface area contributed by atoms with Crippen LogP contribution in [-0.2, 0) is 4.79 Å². The normalized spacial score (nSPS) is 16.6. The zero-order valence-electron chi connectivity index (χ0n) is 11.5. The standard InChI is InChI=1S/C15H21FN2OS/c16-11-7-8-14(13(17)9-11)20-10-15(19)18-12-5-3-1-2-4-6-12/h7-9,12H,1-6,10,17H2,(H,18,19). The Morgan fingerprint density at radius 1 is 1.30 bits per heavy atom. The third kappa shape index (κ3) is 4.71. The van der Waals surface area contributed by atoms with Crippen LogP contribution in [0.25, 0.3) is 0 Å². The summed E-state index contributed by atoms with van der Waals surface area (Å²) < 4.78 is 12.9. The van der Waals surface area contributed by atoms with Crippen molar-refractivity contribution in [2.75, 3.05) is 11.5 Å². The van der Waals surface area contributed by atoms with E-state index in [0.717, 1.165) is 17.7 Å². The van der Waals surface area contributed by atoms with Gasteiger partial charge in [-0.05, 0) is 31.0 Å². The number of nitrogen functional groups attached to an aromatic ring is 1. The predicted molar refractivity (Wildman–Crippen MR) is 81.2 cm³/mol. The predicted octanol–water partition coefficient (Wildman–Crippen LogP) is 3.34. The van der Waals surface area contributed by atoms with Crippen LogP contribution in [0.1, 0.15) is 38.5 Å². The molecule has 0 radical (unpaired) electrons. The van der Waals surface area contributed by atoms with Gasteiger partial charge in [0.1, 0.15) is 5.82 Å². The molecule has 0 aliphatic heterocycles. The number of thioether (sulfide) groups is 1. The first-order valence-electron chi connectivity index (χ1n) is 7.12. The third-order valence-corrected chi connectivity index (χ3v) is 4.64. The number of amides is 1. The summed E-state index contributed by atoms with van der Waals surface area (Å²) in [5.74, 6) is 0.00664. The number of nitrogens with one attached hydrogen (secondary N) is 1. The van der Waals surface area contributed by atoms with E-state index in [1.165, 1.54) is 49.6 Å². The van der Waals surface area contributed by atoms with Crippen LogP contribution in [-0.4, -0.2) is 17.7 Å². The highest BCUT2D eigenvalue weighted by Crippen LogP contribution is 2.25. The fraction of sp³-hybridized carbons (Fsp3) is 0.533. The van der Waals surface area contributed by atoms with E-state index in [0.29, 0.717) is 17.5 Å². The highest BCUT2D eigenvalue weighted by atomic mass is 32.2. The van der Waals surface area contributed by atoms with Crippen LogP contribution in [0.2, 0.25) is 0 Å². The van der Waals surface area contributed by atoms with E-state index in [1.54, 1.807) is 6.07 Å². The lowest BCUT2D eigenvalue weighted by Gasteiger charge is -2.16. The summed E-state index contributed by atoms with van der Waals surface area (Å²) in [7, 11) is 0. The average molecular weight is 296 g/mol. The number of hydrogen-bond donors (Lipinski definition) is 2. The fourth-order valence-electron chi connectivity index (χ4n) is 2.49. The smallest absolute Gasteiger partial charge is 0.230 e. The van der Waals surface area contributed by atoms with Crippen molar-refractivity contribution in [1.82, 2.24) is 5.32 Å². The van der Waals surface area contributed by atoms with E-state index >= 15 is 0 Å². The van der Waals surface area contributed by atoms with Crippen LogP contribution in [0.3, 0.4) is 0 Å². The number of carbonyl (C=O) groups excluding carboxylic acids is 1. The number of benzene rings is 1. The maximum Gasteiger partial charge on any atom is 0.230 e. The molecule has 0 heterocycles. The van der Waals surface area contributed by atoms with E-state index in [2.05, 4.69) is 5.32 Å². The second-order valence-corrected chi connectivity index (χ2v) is 6.24. The molecule has 0 aromatic heterocycles. The molecule has 0 atom stereocenters. The maximum absolute atomic E-state index is 12.9. The molecule has 3 N–H and O–H groups in total. The van der Waals surface area contributed by atoms with E-state index in [1.807, 2.05) is 0 Å². The van der Waals surface area contributed by atoms with Gasteiger partial charge in [-0.25, -0.2) is 4.39 Å². The molecule has 1 saturated carbocycles. The van der Waals surface area contributed by atoms with Crippen LogP contribution in [0, 0.1) is 5.82 Å². The van der Waals surface area contributed by atoms with Gasteiger partial charge in [-0.3, -0.25) is 4.79 Å². The average Bonchev–Trinajstić information content (AvgIpc) is 2.66. The minimum atomic E-state index is -0.352. The van der Waals surface area contributed by atoms with E-state index in [4.69, 9.17) is 5.73 Å². The van der Waals surface area contributed by atoms with Gasteiger partial charge in [0.05, 0.1) is 5.75 Å². The van der Waals surface area contributed by atoms with Gasteiger partial charge in [0.25, 0.3) is 0 Å². The Balaban J connectivity index is 1.79. The molecule has 3 nitrogen and oxygen atoms in total. The Hall–Kier alpha value is -1.23. The maximum atomic E-state index is 12.9. The summed E-state index contributed by atoms with van der Waals surface area (Å²) in [5, 5.41) is 3.09. The van der Waals surface area contributed by atoms with Crippen molar-refractivity contribution in [3.05, 3.63) is 24.0 Å². The number of rotatable bonds is 4. The van der Waals surface area contributed by atoms with Gasteiger partial charge < -0.3 is 11.1 Å². The summed E-state index contributed by atoms with van der Waals surface area (Å²) in [6.45, 7) is 0. The first-order chi connectivity index (χ1) is 9.65. The monoisotopic (exact) mass is 296 g/mol. The Labute approximate surface area is 123 Å². The third-order valence-electron chi connectivity index (χ3n) is 3.55. The molecule has 0 unspecified atom stereocenters. The van der Waals surface area contributed by atoms with Crippen molar-refractivity contribution in [2.24, 2.45) is 0 Å². The summed E-state index contributed by atoms with van der Waals surface area (Å²) in [6.07, 6.45) is 7.09. The summed E-state index contributed by atoms with van der Waals surface area (Å²) >= 11 is 1.35.